The number of fused-ring (bicyclic) bond motifs is 1. The van der Waals surface area contributed by atoms with Crippen molar-refractivity contribution in [1.29, 1.82) is 0 Å². The van der Waals surface area contributed by atoms with E-state index in [-0.39, 0.29) is 17.9 Å². The Bertz CT molecular complexity index is 1100. The molecule has 2 saturated carbocycles. The third kappa shape index (κ3) is 3.99. The molecule has 7 nitrogen and oxygen atoms in total. The van der Waals surface area contributed by atoms with Gasteiger partial charge in [-0.25, -0.2) is 15.0 Å². The predicted molar refractivity (Wildman–Crippen MR) is 115 cm³/mol. The second-order valence-corrected chi connectivity index (χ2v) is 8.96. The summed E-state index contributed by atoms with van der Waals surface area (Å²) in [5.41, 5.74) is 3.20. The van der Waals surface area contributed by atoms with E-state index in [2.05, 4.69) is 66.3 Å². The number of pyridine rings is 1. The number of hydrogen-bond donors (Lipinski definition) is 2. The molecule has 0 saturated heterocycles. The Morgan fingerprint density at radius 2 is 1.90 bits per heavy atom. The molecule has 0 aliphatic heterocycles. The summed E-state index contributed by atoms with van der Waals surface area (Å²) in [6.45, 7) is 3.88. The third-order valence-electron chi connectivity index (χ3n) is 5.44. The molecule has 2 fully saturated rings. The molecule has 3 heterocycles. The summed E-state index contributed by atoms with van der Waals surface area (Å²) in [4.78, 5) is 25.6. The number of halogens is 1. The maximum atomic E-state index is 12.0. The fraction of sp³-hybridized carbons (Fsp3) is 0.429. The summed E-state index contributed by atoms with van der Waals surface area (Å²) in [6.07, 6.45) is 8.71. The van der Waals surface area contributed by atoms with Gasteiger partial charge in [-0.2, -0.15) is 0 Å². The molecule has 1 atom stereocenters. The minimum absolute atomic E-state index is 0.0405. The molecule has 2 aliphatic rings. The maximum absolute atomic E-state index is 12.0. The molecule has 5 rings (SSSR count). The van der Waals surface area contributed by atoms with E-state index < -0.39 is 0 Å². The fourth-order valence-electron chi connectivity index (χ4n) is 3.52. The number of aryl methyl sites for hydroxylation is 1. The molecule has 2 N–H and O–H groups in total. The molecule has 2 aliphatic carbocycles. The van der Waals surface area contributed by atoms with Crippen LogP contribution in [0.1, 0.15) is 61.6 Å². The lowest BCUT2D eigenvalue weighted by molar-refractivity contribution is -0.117. The van der Waals surface area contributed by atoms with Gasteiger partial charge in [0.25, 0.3) is 0 Å². The molecule has 0 unspecified atom stereocenters. The number of carbonyl (C=O) groups excluding carboxylic acids is 1. The molecule has 0 spiro atoms. The van der Waals surface area contributed by atoms with Crippen LogP contribution in [-0.4, -0.2) is 25.3 Å². The standard InChI is InChI=1S/C21H23BrN6O/c1-11(17-10-28-9-15(13-3-4-13)7-16(22)20(28)26-17)23-18-8-19(25-12(2)24-18)27-21(29)14-5-6-14/h7-11,13-14H,3-6H2,1-2H3,(H2,23,24,25,27,29)/t11-/m1/s1. The van der Waals surface area contributed by atoms with E-state index in [4.69, 9.17) is 4.98 Å². The van der Waals surface area contributed by atoms with Gasteiger partial charge >= 0.3 is 0 Å². The van der Waals surface area contributed by atoms with Gasteiger partial charge in [0, 0.05) is 24.4 Å². The van der Waals surface area contributed by atoms with Crippen molar-refractivity contribution >= 4 is 39.1 Å². The van der Waals surface area contributed by atoms with Crippen LogP contribution in [-0.2, 0) is 4.79 Å². The number of rotatable bonds is 6. The SMILES string of the molecule is Cc1nc(NC(=O)C2CC2)cc(N[C@H](C)c2cn3cc(C4CC4)cc(Br)c3n2)n1. The number of nitrogens with zero attached hydrogens (tertiary/aromatic N) is 4. The zero-order chi connectivity index (χ0) is 20.1. The highest BCUT2D eigenvalue weighted by Gasteiger charge is 2.30. The summed E-state index contributed by atoms with van der Waals surface area (Å²) < 4.78 is 3.11. The highest BCUT2D eigenvalue weighted by atomic mass is 79.9. The summed E-state index contributed by atoms with van der Waals surface area (Å²) in [6, 6.07) is 3.91. The Balaban J connectivity index is 1.36. The van der Waals surface area contributed by atoms with Crippen molar-refractivity contribution in [2.45, 2.75) is 51.5 Å². The molecule has 150 valence electrons. The quantitative estimate of drug-likeness (QED) is 0.568. The van der Waals surface area contributed by atoms with Gasteiger partial charge in [-0.05, 0) is 73.0 Å². The summed E-state index contributed by atoms with van der Waals surface area (Å²) in [5.74, 6) is 2.68. The molecule has 8 heteroatoms. The molecule has 1 amide bonds. The van der Waals surface area contributed by atoms with Crippen molar-refractivity contribution in [3.63, 3.8) is 0 Å². The van der Waals surface area contributed by atoms with Gasteiger partial charge in [-0.1, -0.05) is 0 Å². The first-order valence-electron chi connectivity index (χ1n) is 10.1. The van der Waals surface area contributed by atoms with E-state index in [0.717, 1.165) is 28.7 Å². The van der Waals surface area contributed by atoms with Crippen molar-refractivity contribution in [2.75, 3.05) is 10.6 Å². The third-order valence-corrected chi connectivity index (χ3v) is 6.02. The van der Waals surface area contributed by atoms with Crippen LogP contribution in [0, 0.1) is 12.8 Å². The highest BCUT2D eigenvalue weighted by molar-refractivity contribution is 9.10. The van der Waals surface area contributed by atoms with Crippen LogP contribution >= 0.6 is 15.9 Å². The topological polar surface area (TPSA) is 84.2 Å². The number of nitrogens with one attached hydrogen (secondary N) is 2. The van der Waals surface area contributed by atoms with Gasteiger partial charge in [0.15, 0.2) is 5.65 Å². The number of imidazole rings is 1. The van der Waals surface area contributed by atoms with Crippen molar-refractivity contribution in [3.8, 4) is 0 Å². The van der Waals surface area contributed by atoms with E-state index in [1.807, 2.05) is 6.92 Å². The summed E-state index contributed by atoms with van der Waals surface area (Å²) in [7, 11) is 0. The van der Waals surface area contributed by atoms with E-state index in [1.54, 1.807) is 6.07 Å². The Morgan fingerprint density at radius 1 is 1.14 bits per heavy atom. The van der Waals surface area contributed by atoms with Crippen LogP contribution < -0.4 is 10.6 Å². The maximum Gasteiger partial charge on any atom is 0.228 e. The molecule has 3 aromatic rings. The average Bonchev–Trinajstić information content (AvgIpc) is 3.57. The largest absolute Gasteiger partial charge is 0.362 e. The van der Waals surface area contributed by atoms with E-state index >= 15 is 0 Å². The first-order valence-corrected chi connectivity index (χ1v) is 10.9. The summed E-state index contributed by atoms with van der Waals surface area (Å²) in [5, 5.41) is 6.29. The lowest BCUT2D eigenvalue weighted by Crippen LogP contribution is -2.16. The molecular weight excluding hydrogens is 432 g/mol. The summed E-state index contributed by atoms with van der Waals surface area (Å²) >= 11 is 3.67. The van der Waals surface area contributed by atoms with Gasteiger partial charge in [-0.3, -0.25) is 4.79 Å². The van der Waals surface area contributed by atoms with E-state index in [0.29, 0.717) is 23.4 Å². The van der Waals surface area contributed by atoms with Gasteiger partial charge < -0.3 is 15.0 Å². The number of carbonyl (C=O) groups is 1. The minimum Gasteiger partial charge on any atom is -0.362 e. The second kappa shape index (κ2) is 7.09. The number of amides is 1. The minimum atomic E-state index is -0.0486. The molecule has 0 bridgehead atoms. The van der Waals surface area contributed by atoms with Crippen LogP contribution in [0.2, 0.25) is 0 Å². The van der Waals surface area contributed by atoms with Gasteiger partial charge in [0.05, 0.1) is 16.2 Å². The normalized spacial score (nSPS) is 17.3. The Morgan fingerprint density at radius 3 is 2.62 bits per heavy atom. The fourth-order valence-corrected chi connectivity index (χ4v) is 4.08. The second-order valence-electron chi connectivity index (χ2n) is 8.11. The lowest BCUT2D eigenvalue weighted by atomic mass is 10.2. The Labute approximate surface area is 177 Å². The van der Waals surface area contributed by atoms with Crippen LogP contribution in [0.25, 0.3) is 5.65 Å². The molecule has 0 radical (unpaired) electrons. The zero-order valence-corrected chi connectivity index (χ0v) is 18.0. The molecule has 3 aromatic heterocycles. The van der Waals surface area contributed by atoms with Gasteiger partial charge in [0.1, 0.15) is 17.5 Å². The molecule has 0 aromatic carbocycles. The number of hydrogen-bond acceptors (Lipinski definition) is 5. The van der Waals surface area contributed by atoms with E-state index in [1.165, 1.54) is 18.4 Å². The Kier molecular flexibility index (Phi) is 4.53. The smallest absolute Gasteiger partial charge is 0.228 e. The van der Waals surface area contributed by atoms with Gasteiger partial charge in [0.2, 0.25) is 5.91 Å². The first kappa shape index (κ1) is 18.5. The number of anilines is 2. The zero-order valence-electron chi connectivity index (χ0n) is 16.4. The van der Waals surface area contributed by atoms with E-state index in [9.17, 15) is 4.79 Å². The predicted octanol–water partition coefficient (Wildman–Crippen LogP) is 4.59. The van der Waals surface area contributed by atoms with Gasteiger partial charge in [-0.15, -0.1) is 0 Å². The lowest BCUT2D eigenvalue weighted by Gasteiger charge is -2.14. The molecule has 29 heavy (non-hydrogen) atoms. The van der Waals surface area contributed by atoms with Crippen molar-refractivity contribution in [3.05, 3.63) is 46.1 Å². The highest BCUT2D eigenvalue weighted by Crippen LogP contribution is 2.41. The van der Waals surface area contributed by atoms with Crippen molar-refractivity contribution in [2.24, 2.45) is 5.92 Å². The number of aromatic nitrogens is 4. The van der Waals surface area contributed by atoms with Crippen molar-refractivity contribution in [1.82, 2.24) is 19.4 Å². The monoisotopic (exact) mass is 454 g/mol. The average molecular weight is 455 g/mol. The van der Waals surface area contributed by atoms with Crippen LogP contribution in [0.3, 0.4) is 0 Å². The van der Waals surface area contributed by atoms with Crippen LogP contribution in [0.5, 0.6) is 0 Å². The molecular formula is C21H23BrN6O. The van der Waals surface area contributed by atoms with Crippen LogP contribution in [0.4, 0.5) is 11.6 Å². The van der Waals surface area contributed by atoms with Crippen LogP contribution in [0.15, 0.2) is 29.0 Å². The first-order chi connectivity index (χ1) is 14.0. The van der Waals surface area contributed by atoms with Crippen molar-refractivity contribution < 1.29 is 4.79 Å². The Hall–Kier alpha value is -2.48.